The van der Waals surface area contributed by atoms with Gasteiger partial charge in [0.25, 0.3) is 0 Å². The van der Waals surface area contributed by atoms with E-state index in [9.17, 15) is 0 Å². The normalized spacial score (nSPS) is 10.5. The van der Waals surface area contributed by atoms with Gasteiger partial charge in [0.15, 0.2) is 0 Å². The molecule has 0 aliphatic carbocycles. The van der Waals surface area contributed by atoms with E-state index in [-0.39, 0.29) is 0 Å². The molecule has 0 amide bonds. The number of aryl methyl sites for hydroxylation is 1. The van der Waals surface area contributed by atoms with Gasteiger partial charge < -0.3 is 5.73 Å². The van der Waals surface area contributed by atoms with E-state index in [0.29, 0.717) is 0 Å². The van der Waals surface area contributed by atoms with Gasteiger partial charge in [-0.2, -0.15) is 0 Å². The SMILES string of the molecule is Cc1ccc(-c2ccc(CCN)s2)cc1. The van der Waals surface area contributed by atoms with Crippen molar-refractivity contribution in [1.29, 1.82) is 0 Å². The number of benzene rings is 1. The monoisotopic (exact) mass is 217 g/mol. The quantitative estimate of drug-likeness (QED) is 0.839. The van der Waals surface area contributed by atoms with Crippen LogP contribution in [0.15, 0.2) is 36.4 Å². The highest BCUT2D eigenvalue weighted by atomic mass is 32.1. The second kappa shape index (κ2) is 4.60. The van der Waals surface area contributed by atoms with E-state index in [0.717, 1.165) is 13.0 Å². The molecule has 15 heavy (non-hydrogen) atoms. The van der Waals surface area contributed by atoms with E-state index in [1.807, 2.05) is 11.3 Å². The van der Waals surface area contributed by atoms with Crippen molar-refractivity contribution < 1.29 is 0 Å². The van der Waals surface area contributed by atoms with Crippen molar-refractivity contribution in [1.82, 2.24) is 0 Å². The zero-order valence-corrected chi connectivity index (χ0v) is 9.68. The maximum Gasteiger partial charge on any atom is 0.0345 e. The molecule has 2 rings (SSSR count). The summed E-state index contributed by atoms with van der Waals surface area (Å²) in [5.74, 6) is 0. The fourth-order valence-electron chi connectivity index (χ4n) is 1.53. The number of hydrogen-bond donors (Lipinski definition) is 1. The molecular weight excluding hydrogens is 202 g/mol. The summed E-state index contributed by atoms with van der Waals surface area (Å²) in [4.78, 5) is 2.70. The predicted octanol–water partition coefficient (Wildman–Crippen LogP) is 3.22. The fraction of sp³-hybridized carbons (Fsp3) is 0.231. The number of rotatable bonds is 3. The first-order chi connectivity index (χ1) is 7.29. The van der Waals surface area contributed by atoms with Crippen molar-refractivity contribution in [3.8, 4) is 10.4 Å². The minimum absolute atomic E-state index is 0.730. The van der Waals surface area contributed by atoms with Crippen molar-refractivity contribution in [2.45, 2.75) is 13.3 Å². The van der Waals surface area contributed by atoms with E-state index in [4.69, 9.17) is 5.73 Å². The Morgan fingerprint density at radius 2 is 1.80 bits per heavy atom. The summed E-state index contributed by atoms with van der Waals surface area (Å²) in [7, 11) is 0. The summed E-state index contributed by atoms with van der Waals surface area (Å²) in [6, 6.07) is 13.0. The molecule has 1 nitrogen and oxygen atoms in total. The van der Waals surface area contributed by atoms with Crippen LogP contribution in [0.4, 0.5) is 0 Å². The molecule has 2 heteroatoms. The van der Waals surface area contributed by atoms with Gasteiger partial charge in [-0.05, 0) is 37.6 Å². The minimum atomic E-state index is 0.730. The summed E-state index contributed by atoms with van der Waals surface area (Å²) in [5, 5.41) is 0. The summed E-state index contributed by atoms with van der Waals surface area (Å²) in [6.45, 7) is 2.84. The molecule has 0 aliphatic heterocycles. The Morgan fingerprint density at radius 1 is 1.07 bits per heavy atom. The summed E-state index contributed by atoms with van der Waals surface area (Å²) in [6.07, 6.45) is 0.983. The number of thiophene rings is 1. The lowest BCUT2D eigenvalue weighted by molar-refractivity contribution is 0.989. The molecule has 0 radical (unpaired) electrons. The standard InChI is InChI=1S/C13H15NS/c1-10-2-4-11(5-3-10)13-7-6-12(15-13)8-9-14/h2-7H,8-9,14H2,1H3. The van der Waals surface area contributed by atoms with Crippen LogP contribution < -0.4 is 5.73 Å². The van der Waals surface area contributed by atoms with Gasteiger partial charge in [0.05, 0.1) is 0 Å². The van der Waals surface area contributed by atoms with Crippen LogP contribution in [0, 0.1) is 6.92 Å². The van der Waals surface area contributed by atoms with E-state index < -0.39 is 0 Å². The summed E-state index contributed by atoms with van der Waals surface area (Å²) >= 11 is 1.84. The van der Waals surface area contributed by atoms with Crippen molar-refractivity contribution in [2.75, 3.05) is 6.54 Å². The van der Waals surface area contributed by atoms with Crippen molar-refractivity contribution in [2.24, 2.45) is 5.73 Å². The second-order valence-electron chi connectivity index (χ2n) is 3.67. The lowest BCUT2D eigenvalue weighted by Gasteiger charge is -1.97. The van der Waals surface area contributed by atoms with Crippen molar-refractivity contribution in [3.63, 3.8) is 0 Å². The zero-order valence-electron chi connectivity index (χ0n) is 8.86. The third-order valence-corrected chi connectivity index (χ3v) is 3.58. The predicted molar refractivity (Wildman–Crippen MR) is 67.3 cm³/mol. The van der Waals surface area contributed by atoms with Crippen LogP contribution in [0.2, 0.25) is 0 Å². The minimum Gasteiger partial charge on any atom is -0.330 e. The highest BCUT2D eigenvalue weighted by molar-refractivity contribution is 7.15. The van der Waals surface area contributed by atoms with Gasteiger partial charge in [0.2, 0.25) is 0 Å². The molecule has 2 N–H and O–H groups in total. The van der Waals surface area contributed by atoms with E-state index in [1.165, 1.54) is 20.9 Å². The molecule has 0 atom stereocenters. The molecule has 2 aromatic rings. The maximum absolute atomic E-state index is 5.54. The van der Waals surface area contributed by atoms with Crippen LogP contribution in [0.5, 0.6) is 0 Å². The second-order valence-corrected chi connectivity index (χ2v) is 4.84. The Balaban J connectivity index is 2.25. The van der Waals surface area contributed by atoms with Crippen LogP contribution in [0.1, 0.15) is 10.4 Å². The Morgan fingerprint density at radius 3 is 2.47 bits per heavy atom. The van der Waals surface area contributed by atoms with Gasteiger partial charge >= 0.3 is 0 Å². The highest BCUT2D eigenvalue weighted by Gasteiger charge is 2.01. The fourth-order valence-corrected chi connectivity index (χ4v) is 2.56. The Labute approximate surface area is 94.6 Å². The average Bonchev–Trinajstić information content (AvgIpc) is 2.68. The first kappa shape index (κ1) is 10.4. The smallest absolute Gasteiger partial charge is 0.0345 e. The molecule has 1 heterocycles. The topological polar surface area (TPSA) is 26.0 Å². The van der Waals surface area contributed by atoms with Crippen LogP contribution in [-0.4, -0.2) is 6.54 Å². The van der Waals surface area contributed by atoms with Crippen LogP contribution in [0.25, 0.3) is 10.4 Å². The zero-order chi connectivity index (χ0) is 10.7. The Hall–Kier alpha value is -1.12. The van der Waals surface area contributed by atoms with E-state index in [1.54, 1.807) is 0 Å². The average molecular weight is 217 g/mol. The van der Waals surface area contributed by atoms with Gasteiger partial charge in [-0.1, -0.05) is 29.8 Å². The molecule has 0 bridgehead atoms. The molecule has 0 saturated heterocycles. The van der Waals surface area contributed by atoms with Crippen molar-refractivity contribution in [3.05, 3.63) is 46.8 Å². The van der Waals surface area contributed by atoms with Crippen LogP contribution in [-0.2, 0) is 6.42 Å². The summed E-state index contributed by atoms with van der Waals surface area (Å²) < 4.78 is 0. The van der Waals surface area contributed by atoms with Crippen LogP contribution >= 0.6 is 11.3 Å². The first-order valence-electron chi connectivity index (χ1n) is 5.15. The third-order valence-electron chi connectivity index (χ3n) is 2.39. The number of hydrogen-bond acceptors (Lipinski definition) is 2. The largest absolute Gasteiger partial charge is 0.330 e. The molecular formula is C13H15NS. The van der Waals surface area contributed by atoms with Crippen LogP contribution in [0.3, 0.4) is 0 Å². The molecule has 1 aromatic heterocycles. The summed E-state index contributed by atoms with van der Waals surface area (Å²) in [5.41, 5.74) is 8.14. The lowest BCUT2D eigenvalue weighted by atomic mass is 10.1. The van der Waals surface area contributed by atoms with Crippen molar-refractivity contribution >= 4 is 11.3 Å². The molecule has 0 spiro atoms. The molecule has 0 unspecified atom stereocenters. The molecule has 0 saturated carbocycles. The third kappa shape index (κ3) is 2.46. The van der Waals surface area contributed by atoms with E-state index in [2.05, 4.69) is 43.3 Å². The van der Waals surface area contributed by atoms with Gasteiger partial charge in [0, 0.05) is 9.75 Å². The Bertz CT molecular complexity index is 428. The molecule has 1 aromatic carbocycles. The molecule has 0 fully saturated rings. The molecule has 78 valence electrons. The maximum atomic E-state index is 5.54. The molecule has 0 aliphatic rings. The van der Waals surface area contributed by atoms with Gasteiger partial charge in [0.1, 0.15) is 0 Å². The van der Waals surface area contributed by atoms with Gasteiger partial charge in [-0.25, -0.2) is 0 Å². The highest BCUT2D eigenvalue weighted by Crippen LogP contribution is 2.28. The number of nitrogens with two attached hydrogens (primary N) is 1. The first-order valence-corrected chi connectivity index (χ1v) is 5.97. The van der Waals surface area contributed by atoms with E-state index >= 15 is 0 Å². The van der Waals surface area contributed by atoms with Gasteiger partial charge in [-0.15, -0.1) is 11.3 Å². The Kier molecular flexibility index (Phi) is 3.19. The van der Waals surface area contributed by atoms with Gasteiger partial charge in [-0.3, -0.25) is 0 Å². The lowest BCUT2D eigenvalue weighted by Crippen LogP contribution is -2.00.